The quantitative estimate of drug-likeness (QED) is 0.670. The third kappa shape index (κ3) is 3.66. The normalized spacial score (nSPS) is 13.8. The molecule has 3 aromatic rings. The van der Waals surface area contributed by atoms with Gasteiger partial charge in [-0.2, -0.15) is 5.10 Å². The molecule has 1 unspecified atom stereocenters. The van der Waals surface area contributed by atoms with E-state index in [1.807, 2.05) is 55.5 Å². The Balaban J connectivity index is 1.62. The first-order chi connectivity index (χ1) is 14.1. The zero-order chi connectivity index (χ0) is 20.4. The van der Waals surface area contributed by atoms with Gasteiger partial charge < -0.3 is 9.64 Å². The molecule has 0 spiro atoms. The van der Waals surface area contributed by atoms with Crippen molar-refractivity contribution in [2.24, 2.45) is 0 Å². The minimum Gasteiger partial charge on any atom is -0.494 e. The third-order valence-electron chi connectivity index (χ3n) is 5.16. The number of amides is 1. The van der Waals surface area contributed by atoms with Gasteiger partial charge in [0.05, 0.1) is 12.3 Å². The number of fused-ring (bicyclic) bond motifs is 1. The van der Waals surface area contributed by atoms with Crippen LogP contribution in [0.15, 0.2) is 65.5 Å². The van der Waals surface area contributed by atoms with Gasteiger partial charge in [-0.15, -0.1) is 0 Å². The van der Waals surface area contributed by atoms with E-state index in [1.165, 1.54) is 10.7 Å². The van der Waals surface area contributed by atoms with Crippen LogP contribution in [0.3, 0.4) is 0 Å². The third-order valence-corrected chi connectivity index (χ3v) is 5.16. The summed E-state index contributed by atoms with van der Waals surface area (Å²) in [5.74, 6) is 0.647. The fourth-order valence-corrected chi connectivity index (χ4v) is 3.64. The van der Waals surface area contributed by atoms with E-state index in [2.05, 4.69) is 5.10 Å². The smallest absolute Gasteiger partial charge is 0.267 e. The molecule has 0 radical (unpaired) electrons. The van der Waals surface area contributed by atoms with Crippen LogP contribution in [-0.4, -0.2) is 28.8 Å². The number of nitrogens with zero attached hydrogens (tertiary/aromatic N) is 3. The van der Waals surface area contributed by atoms with E-state index < -0.39 is 6.04 Å². The molecule has 6 heteroatoms. The van der Waals surface area contributed by atoms with Crippen LogP contribution in [0.2, 0.25) is 0 Å². The van der Waals surface area contributed by atoms with Gasteiger partial charge in [0.25, 0.3) is 11.5 Å². The van der Waals surface area contributed by atoms with Crippen LogP contribution in [0.4, 0.5) is 5.69 Å². The Morgan fingerprint density at radius 3 is 2.62 bits per heavy atom. The Kier molecular flexibility index (Phi) is 5.16. The topological polar surface area (TPSA) is 64.4 Å². The van der Waals surface area contributed by atoms with Crippen LogP contribution in [0, 0.1) is 0 Å². The van der Waals surface area contributed by atoms with Gasteiger partial charge in [0.1, 0.15) is 11.8 Å². The van der Waals surface area contributed by atoms with E-state index in [0.717, 1.165) is 29.0 Å². The molecule has 1 aliphatic heterocycles. The molecule has 1 atom stereocenters. The molecular weight excluding hydrogens is 366 g/mol. The Hall–Kier alpha value is -3.41. The summed E-state index contributed by atoms with van der Waals surface area (Å²) in [6.07, 6.45) is 0.823. The van der Waals surface area contributed by atoms with Crippen LogP contribution in [0.5, 0.6) is 5.75 Å². The van der Waals surface area contributed by atoms with Gasteiger partial charge in [-0.1, -0.05) is 18.2 Å². The molecule has 0 saturated carbocycles. The summed E-state index contributed by atoms with van der Waals surface area (Å²) in [4.78, 5) is 27.3. The number of carbonyl (C=O) groups excluding carboxylic acids is 1. The van der Waals surface area contributed by atoms with Crippen molar-refractivity contribution < 1.29 is 9.53 Å². The Morgan fingerprint density at radius 1 is 1.10 bits per heavy atom. The zero-order valence-corrected chi connectivity index (χ0v) is 16.5. The Labute approximate surface area is 169 Å². The maximum absolute atomic E-state index is 13.1. The van der Waals surface area contributed by atoms with Gasteiger partial charge in [-0.3, -0.25) is 9.59 Å². The van der Waals surface area contributed by atoms with E-state index in [-0.39, 0.29) is 11.5 Å². The maximum atomic E-state index is 13.1. The number of rotatable bonds is 5. The molecule has 0 fully saturated rings. The predicted octanol–water partition coefficient (Wildman–Crippen LogP) is 3.46. The number of ether oxygens (including phenoxy) is 1. The van der Waals surface area contributed by atoms with Crippen molar-refractivity contribution in [2.75, 3.05) is 18.1 Å². The van der Waals surface area contributed by atoms with E-state index in [9.17, 15) is 9.59 Å². The summed E-state index contributed by atoms with van der Waals surface area (Å²) in [5.41, 5.74) is 3.26. The lowest BCUT2D eigenvalue weighted by atomic mass is 10.1. The van der Waals surface area contributed by atoms with Gasteiger partial charge in [0.2, 0.25) is 0 Å². The summed E-state index contributed by atoms with van der Waals surface area (Å²) < 4.78 is 6.74. The van der Waals surface area contributed by atoms with Crippen LogP contribution in [0.1, 0.15) is 25.5 Å². The summed E-state index contributed by atoms with van der Waals surface area (Å²) in [5, 5.41) is 4.48. The second-order valence-corrected chi connectivity index (χ2v) is 7.00. The number of hydrogen-bond acceptors (Lipinski definition) is 4. The molecule has 0 N–H and O–H groups in total. The summed E-state index contributed by atoms with van der Waals surface area (Å²) in [6.45, 7) is 4.87. The highest BCUT2D eigenvalue weighted by atomic mass is 16.5. The lowest BCUT2D eigenvalue weighted by Gasteiger charge is -2.22. The highest BCUT2D eigenvalue weighted by molar-refractivity contribution is 5.97. The fraction of sp³-hybridized carbons (Fsp3) is 0.261. The maximum Gasteiger partial charge on any atom is 0.267 e. The van der Waals surface area contributed by atoms with Crippen molar-refractivity contribution >= 4 is 11.6 Å². The number of benzene rings is 2. The summed E-state index contributed by atoms with van der Waals surface area (Å²) in [7, 11) is 0. The minimum atomic E-state index is -0.698. The van der Waals surface area contributed by atoms with Crippen LogP contribution >= 0.6 is 0 Å². The minimum absolute atomic E-state index is 0.131. The first kappa shape index (κ1) is 18.9. The van der Waals surface area contributed by atoms with E-state index in [0.29, 0.717) is 18.8 Å². The highest BCUT2D eigenvalue weighted by Gasteiger charge is 2.29. The molecule has 29 heavy (non-hydrogen) atoms. The van der Waals surface area contributed by atoms with Gasteiger partial charge in [-0.25, -0.2) is 4.68 Å². The van der Waals surface area contributed by atoms with Gasteiger partial charge in [0, 0.05) is 23.9 Å². The van der Waals surface area contributed by atoms with Crippen molar-refractivity contribution in [3.63, 3.8) is 0 Å². The Morgan fingerprint density at radius 2 is 1.86 bits per heavy atom. The molecule has 1 amide bonds. The number of carbonyl (C=O) groups is 1. The Bertz CT molecular complexity index is 1090. The first-order valence-electron chi connectivity index (χ1n) is 9.81. The van der Waals surface area contributed by atoms with Gasteiger partial charge >= 0.3 is 0 Å². The van der Waals surface area contributed by atoms with Crippen LogP contribution < -0.4 is 15.2 Å². The van der Waals surface area contributed by atoms with Gasteiger partial charge in [-0.05, 0) is 62.2 Å². The molecule has 0 saturated heterocycles. The first-order valence-corrected chi connectivity index (χ1v) is 9.81. The molecule has 4 rings (SSSR count). The molecule has 148 valence electrons. The fourth-order valence-electron chi connectivity index (χ4n) is 3.64. The van der Waals surface area contributed by atoms with E-state index >= 15 is 0 Å². The predicted molar refractivity (Wildman–Crippen MR) is 112 cm³/mol. The molecule has 2 aromatic carbocycles. The summed E-state index contributed by atoms with van der Waals surface area (Å²) in [6, 6.07) is 17.8. The number of hydrogen-bond donors (Lipinski definition) is 0. The van der Waals surface area contributed by atoms with Crippen molar-refractivity contribution in [2.45, 2.75) is 26.3 Å². The van der Waals surface area contributed by atoms with Crippen LogP contribution in [-0.2, 0) is 11.2 Å². The lowest BCUT2D eigenvalue weighted by molar-refractivity contribution is -0.121. The van der Waals surface area contributed by atoms with Crippen molar-refractivity contribution in [3.05, 3.63) is 76.6 Å². The van der Waals surface area contributed by atoms with E-state index in [1.54, 1.807) is 17.9 Å². The number of anilines is 1. The molecule has 1 aliphatic rings. The summed E-state index contributed by atoms with van der Waals surface area (Å²) >= 11 is 0. The lowest BCUT2D eigenvalue weighted by Crippen LogP contribution is -2.39. The van der Waals surface area contributed by atoms with Crippen LogP contribution in [0.25, 0.3) is 11.3 Å². The average molecular weight is 389 g/mol. The van der Waals surface area contributed by atoms with Gasteiger partial charge in [0.15, 0.2) is 0 Å². The molecule has 0 bridgehead atoms. The SMILES string of the molecule is CCOc1ccc(-c2ccc(=O)n(C(C)C(=O)N3CCc4ccccc43)n2)cc1. The number of aromatic nitrogens is 2. The molecule has 6 nitrogen and oxygen atoms in total. The average Bonchev–Trinajstić information content (AvgIpc) is 3.18. The second-order valence-electron chi connectivity index (χ2n) is 7.00. The zero-order valence-electron chi connectivity index (χ0n) is 16.5. The highest BCUT2D eigenvalue weighted by Crippen LogP contribution is 2.29. The molecule has 2 heterocycles. The van der Waals surface area contributed by atoms with E-state index in [4.69, 9.17) is 4.74 Å². The standard InChI is InChI=1S/C23H23N3O3/c1-3-29-19-10-8-17(9-11-19)20-12-13-22(27)26(24-20)16(2)23(28)25-15-14-18-6-4-5-7-21(18)25/h4-13,16H,3,14-15H2,1-2H3. The van der Waals surface area contributed by atoms with Crippen molar-refractivity contribution in [1.29, 1.82) is 0 Å². The number of para-hydroxylation sites is 1. The molecular formula is C23H23N3O3. The van der Waals surface area contributed by atoms with Crippen molar-refractivity contribution in [1.82, 2.24) is 9.78 Å². The molecule has 1 aromatic heterocycles. The second kappa shape index (κ2) is 7.91. The largest absolute Gasteiger partial charge is 0.494 e. The van der Waals surface area contributed by atoms with Crippen molar-refractivity contribution in [3.8, 4) is 17.0 Å². The monoisotopic (exact) mass is 389 g/mol. The molecule has 0 aliphatic carbocycles.